The first-order valence-electron chi connectivity index (χ1n) is 13.0. The number of benzene rings is 2. The third-order valence-corrected chi connectivity index (χ3v) is 6.08. The van der Waals surface area contributed by atoms with E-state index in [1.807, 2.05) is 18.2 Å². The summed E-state index contributed by atoms with van der Waals surface area (Å²) in [6.07, 6.45) is 4.85. The van der Waals surface area contributed by atoms with Crippen molar-refractivity contribution < 1.29 is 33.6 Å². The maximum Gasteiger partial charge on any atom is 0.333 e. The van der Waals surface area contributed by atoms with E-state index in [4.69, 9.17) is 18.9 Å². The summed E-state index contributed by atoms with van der Waals surface area (Å²) in [5.74, 6) is 0.683. The molecule has 37 heavy (non-hydrogen) atoms. The number of hydrogen-bond acceptors (Lipinski definition) is 6. The molecule has 0 aliphatic heterocycles. The van der Waals surface area contributed by atoms with Crippen molar-refractivity contribution >= 4 is 11.9 Å². The SMILES string of the molecule is CCCCCCCN(Cc1cccc(OC)c1OC)C(=O)COc1ccc(C[C@H](OCC)C(=O)O)cc1. The summed E-state index contributed by atoms with van der Waals surface area (Å²) in [6, 6.07) is 12.7. The average molecular weight is 516 g/mol. The lowest BCUT2D eigenvalue weighted by atomic mass is 10.1. The molecule has 0 saturated heterocycles. The van der Waals surface area contributed by atoms with Crippen LogP contribution >= 0.6 is 0 Å². The lowest BCUT2D eigenvalue weighted by Crippen LogP contribution is -2.35. The van der Waals surface area contributed by atoms with Gasteiger partial charge in [0, 0.05) is 31.7 Å². The second-order valence-electron chi connectivity index (χ2n) is 8.80. The van der Waals surface area contributed by atoms with Crippen LogP contribution in [0.2, 0.25) is 0 Å². The highest BCUT2D eigenvalue weighted by Gasteiger charge is 2.20. The Morgan fingerprint density at radius 3 is 2.30 bits per heavy atom. The highest BCUT2D eigenvalue weighted by atomic mass is 16.5. The molecule has 0 spiro atoms. The Morgan fingerprint density at radius 1 is 0.946 bits per heavy atom. The normalized spacial score (nSPS) is 11.6. The molecule has 0 unspecified atom stereocenters. The Kier molecular flexibility index (Phi) is 13.3. The lowest BCUT2D eigenvalue weighted by molar-refractivity contribution is -0.150. The van der Waals surface area contributed by atoms with Crippen LogP contribution in [0.1, 0.15) is 57.1 Å². The number of para-hydroxylation sites is 1. The number of carboxylic acids is 1. The van der Waals surface area contributed by atoms with Crippen molar-refractivity contribution in [3.8, 4) is 17.2 Å². The van der Waals surface area contributed by atoms with E-state index in [2.05, 4.69) is 6.92 Å². The van der Waals surface area contributed by atoms with Gasteiger partial charge in [-0.2, -0.15) is 0 Å². The van der Waals surface area contributed by atoms with Gasteiger partial charge in [-0.25, -0.2) is 4.79 Å². The zero-order valence-electron chi connectivity index (χ0n) is 22.5. The van der Waals surface area contributed by atoms with E-state index in [1.54, 1.807) is 50.3 Å². The zero-order chi connectivity index (χ0) is 27.0. The fourth-order valence-electron chi connectivity index (χ4n) is 4.07. The Balaban J connectivity index is 2.04. The quantitative estimate of drug-likeness (QED) is 0.276. The van der Waals surface area contributed by atoms with Crippen molar-refractivity contribution in [2.24, 2.45) is 0 Å². The Morgan fingerprint density at radius 2 is 1.68 bits per heavy atom. The molecule has 2 rings (SSSR count). The van der Waals surface area contributed by atoms with Crippen LogP contribution in [0.5, 0.6) is 17.2 Å². The van der Waals surface area contributed by atoms with Crippen LogP contribution in [0.15, 0.2) is 42.5 Å². The number of hydrogen-bond donors (Lipinski definition) is 1. The Bertz CT molecular complexity index is 961. The van der Waals surface area contributed by atoms with Gasteiger partial charge in [0.1, 0.15) is 5.75 Å². The second kappa shape index (κ2) is 16.5. The van der Waals surface area contributed by atoms with Crippen LogP contribution in [-0.4, -0.2) is 62.0 Å². The molecule has 0 aliphatic carbocycles. The summed E-state index contributed by atoms with van der Waals surface area (Å²) >= 11 is 0. The molecule has 0 radical (unpaired) electrons. The number of unbranched alkanes of at least 4 members (excludes halogenated alkanes) is 4. The number of carboxylic acid groups (broad SMARTS) is 1. The smallest absolute Gasteiger partial charge is 0.333 e. The zero-order valence-corrected chi connectivity index (χ0v) is 22.5. The van der Waals surface area contributed by atoms with Gasteiger partial charge in [0.2, 0.25) is 0 Å². The Labute approximate surface area is 220 Å². The highest BCUT2D eigenvalue weighted by Crippen LogP contribution is 2.31. The van der Waals surface area contributed by atoms with Crippen LogP contribution in [0.25, 0.3) is 0 Å². The Hall–Kier alpha value is -3.26. The maximum absolute atomic E-state index is 13.2. The number of rotatable bonds is 18. The van der Waals surface area contributed by atoms with E-state index in [9.17, 15) is 14.7 Å². The average Bonchev–Trinajstić information content (AvgIpc) is 2.91. The van der Waals surface area contributed by atoms with E-state index in [0.29, 0.717) is 36.9 Å². The monoisotopic (exact) mass is 515 g/mol. The summed E-state index contributed by atoms with van der Waals surface area (Å²) < 4.78 is 22.1. The molecule has 0 aromatic heterocycles. The molecular weight excluding hydrogens is 474 g/mol. The van der Waals surface area contributed by atoms with E-state index in [1.165, 1.54) is 12.8 Å². The van der Waals surface area contributed by atoms with Gasteiger partial charge in [-0.1, -0.05) is 56.9 Å². The fourth-order valence-corrected chi connectivity index (χ4v) is 4.07. The number of methoxy groups -OCH3 is 2. The van der Waals surface area contributed by atoms with Crippen molar-refractivity contribution in [2.45, 2.75) is 65.0 Å². The van der Waals surface area contributed by atoms with E-state index in [0.717, 1.165) is 30.4 Å². The molecule has 2 aromatic carbocycles. The first-order chi connectivity index (χ1) is 17.9. The summed E-state index contributed by atoms with van der Waals surface area (Å²) in [7, 11) is 3.19. The van der Waals surface area contributed by atoms with Crippen LogP contribution < -0.4 is 14.2 Å². The van der Waals surface area contributed by atoms with Gasteiger partial charge in [-0.15, -0.1) is 0 Å². The third kappa shape index (κ3) is 9.96. The molecule has 1 N–H and O–H groups in total. The van der Waals surface area contributed by atoms with Gasteiger partial charge in [0.15, 0.2) is 24.2 Å². The molecule has 204 valence electrons. The van der Waals surface area contributed by atoms with Gasteiger partial charge in [0.25, 0.3) is 5.91 Å². The third-order valence-electron chi connectivity index (χ3n) is 6.08. The van der Waals surface area contributed by atoms with Gasteiger partial charge in [-0.05, 0) is 37.1 Å². The van der Waals surface area contributed by atoms with Crippen LogP contribution in [0.3, 0.4) is 0 Å². The van der Waals surface area contributed by atoms with Crippen LogP contribution in [0.4, 0.5) is 0 Å². The number of carbonyl (C=O) groups is 2. The fraction of sp³-hybridized carbons (Fsp3) is 0.517. The molecule has 1 atom stereocenters. The topological polar surface area (TPSA) is 94.5 Å². The van der Waals surface area contributed by atoms with Crippen LogP contribution in [0, 0.1) is 0 Å². The lowest BCUT2D eigenvalue weighted by Gasteiger charge is -2.24. The predicted octanol–water partition coefficient (Wildman–Crippen LogP) is 5.11. The molecule has 0 aliphatic rings. The summed E-state index contributed by atoms with van der Waals surface area (Å²) in [5, 5.41) is 9.28. The van der Waals surface area contributed by atoms with Gasteiger partial charge < -0.3 is 29.0 Å². The van der Waals surface area contributed by atoms with Crippen molar-refractivity contribution in [3.63, 3.8) is 0 Å². The molecule has 0 heterocycles. The highest BCUT2D eigenvalue weighted by molar-refractivity contribution is 5.78. The summed E-state index contributed by atoms with van der Waals surface area (Å²) in [4.78, 5) is 26.3. The minimum Gasteiger partial charge on any atom is -0.493 e. The van der Waals surface area contributed by atoms with E-state index >= 15 is 0 Å². The molecule has 2 aromatic rings. The van der Waals surface area contributed by atoms with Gasteiger partial charge >= 0.3 is 5.97 Å². The van der Waals surface area contributed by atoms with E-state index < -0.39 is 12.1 Å². The molecule has 0 bridgehead atoms. The van der Waals surface area contributed by atoms with Crippen molar-refractivity contribution in [1.82, 2.24) is 4.90 Å². The number of aliphatic carboxylic acids is 1. The first kappa shape index (κ1) is 30.0. The number of nitrogens with zero attached hydrogens (tertiary/aromatic N) is 1. The van der Waals surface area contributed by atoms with Crippen LogP contribution in [-0.2, 0) is 27.3 Å². The summed E-state index contributed by atoms with van der Waals surface area (Å²) in [5.41, 5.74) is 1.69. The molecular formula is C29H41NO7. The molecule has 8 nitrogen and oxygen atoms in total. The minimum atomic E-state index is -0.991. The standard InChI is InChI=1S/C29H41NO7/c1-5-7-8-9-10-18-30(20-23-12-11-13-25(34-3)28(23)35-4)27(31)21-37-24-16-14-22(15-17-24)19-26(29(32)33)36-6-2/h11-17,26H,5-10,18-21H2,1-4H3,(H,32,33)/t26-/m0/s1. The molecule has 0 fully saturated rings. The number of carbonyl (C=O) groups excluding carboxylic acids is 1. The van der Waals surface area contributed by atoms with Crippen molar-refractivity contribution in [3.05, 3.63) is 53.6 Å². The number of ether oxygens (including phenoxy) is 4. The number of amides is 1. The first-order valence-corrected chi connectivity index (χ1v) is 13.0. The molecule has 0 saturated carbocycles. The van der Waals surface area contributed by atoms with Gasteiger partial charge in [0.05, 0.1) is 14.2 Å². The van der Waals surface area contributed by atoms with Crippen molar-refractivity contribution in [2.75, 3.05) is 34.0 Å². The van der Waals surface area contributed by atoms with Crippen molar-refractivity contribution in [1.29, 1.82) is 0 Å². The van der Waals surface area contributed by atoms with Gasteiger partial charge in [-0.3, -0.25) is 4.79 Å². The molecule has 8 heteroatoms. The summed E-state index contributed by atoms with van der Waals surface area (Å²) in [6.45, 7) is 5.19. The molecule has 1 amide bonds. The second-order valence-corrected chi connectivity index (χ2v) is 8.80. The van der Waals surface area contributed by atoms with E-state index in [-0.39, 0.29) is 18.9 Å². The maximum atomic E-state index is 13.2. The predicted molar refractivity (Wildman–Crippen MR) is 142 cm³/mol. The largest absolute Gasteiger partial charge is 0.493 e. The minimum absolute atomic E-state index is 0.0999.